The molecule has 0 aliphatic heterocycles. The van der Waals surface area contributed by atoms with Gasteiger partial charge < -0.3 is 14.3 Å². The molecule has 0 unspecified atom stereocenters. The van der Waals surface area contributed by atoms with E-state index in [4.69, 9.17) is 9.16 Å². The van der Waals surface area contributed by atoms with Crippen LogP contribution in [0.4, 0.5) is 13.2 Å². The molecule has 0 heterocycles. The number of aryl methyl sites for hydroxylation is 1. The van der Waals surface area contributed by atoms with Gasteiger partial charge >= 0.3 is 6.18 Å². The first-order chi connectivity index (χ1) is 19.5. The molecule has 0 amide bonds. The lowest BCUT2D eigenvalue weighted by atomic mass is 9.44. The first kappa shape index (κ1) is 33.6. The monoisotopic (exact) mass is 608 g/mol. The fourth-order valence-corrected chi connectivity index (χ4v) is 10.2. The lowest BCUT2D eigenvalue weighted by molar-refractivity contribution is -0.205. The van der Waals surface area contributed by atoms with E-state index in [2.05, 4.69) is 71.6 Å². The van der Waals surface area contributed by atoms with Gasteiger partial charge in [-0.3, -0.25) is 0 Å². The molecule has 1 N–H and O–H groups in total. The van der Waals surface area contributed by atoms with E-state index in [9.17, 15) is 18.3 Å². The molecule has 4 rings (SSSR count). The van der Waals surface area contributed by atoms with Crippen LogP contribution in [0.25, 0.3) is 0 Å². The zero-order chi connectivity index (χ0) is 31.1. The number of unbranched alkanes of at least 4 members (excludes halogenated alkanes) is 3. The average molecular weight is 609 g/mol. The maximum Gasteiger partial charge on any atom is 0.414 e. The van der Waals surface area contributed by atoms with E-state index in [0.29, 0.717) is 30.6 Å². The summed E-state index contributed by atoms with van der Waals surface area (Å²) in [5.74, 6) is 2.24. The van der Waals surface area contributed by atoms with Crippen LogP contribution in [-0.2, 0) is 10.8 Å². The van der Waals surface area contributed by atoms with E-state index < -0.39 is 20.6 Å². The molecule has 42 heavy (non-hydrogen) atoms. The first-order valence-electron chi connectivity index (χ1n) is 16.2. The molecule has 0 aromatic heterocycles. The Morgan fingerprint density at radius 1 is 1.12 bits per heavy atom. The minimum absolute atomic E-state index is 0.00160. The van der Waals surface area contributed by atoms with Gasteiger partial charge in [-0.25, -0.2) is 0 Å². The van der Waals surface area contributed by atoms with Crippen LogP contribution in [0.3, 0.4) is 0 Å². The molecule has 2 fully saturated rings. The summed E-state index contributed by atoms with van der Waals surface area (Å²) in [7, 11) is -0.241. The van der Waals surface area contributed by atoms with Gasteiger partial charge in [-0.05, 0) is 115 Å². The number of hydrogen-bond donors (Lipinski definition) is 1. The molecule has 238 valence electrons. The number of benzene rings is 1. The van der Waals surface area contributed by atoms with Crippen LogP contribution in [0.1, 0.15) is 109 Å². The number of allylic oxidation sites excluding steroid dienone is 1. The number of methoxy groups -OCH3 is 1. The van der Waals surface area contributed by atoms with Crippen molar-refractivity contribution < 1.29 is 27.4 Å². The van der Waals surface area contributed by atoms with Crippen molar-refractivity contribution in [1.29, 1.82) is 0 Å². The third-order valence-corrected chi connectivity index (χ3v) is 16.5. The van der Waals surface area contributed by atoms with Crippen LogP contribution in [0.2, 0.25) is 18.1 Å². The predicted octanol–water partition coefficient (Wildman–Crippen LogP) is 9.99. The molecule has 3 nitrogen and oxygen atoms in total. The molecular formula is C35H55F3O3Si. The summed E-state index contributed by atoms with van der Waals surface area (Å²) in [4.78, 5) is 0. The third-order valence-electron chi connectivity index (χ3n) is 12.0. The minimum Gasteiger partial charge on any atom is -0.497 e. The smallest absolute Gasteiger partial charge is 0.414 e. The molecule has 1 aromatic rings. The first-order valence-corrected chi connectivity index (χ1v) is 19.1. The number of alkyl halides is 3. The van der Waals surface area contributed by atoms with Gasteiger partial charge in [0.1, 0.15) is 11.9 Å². The Morgan fingerprint density at radius 2 is 1.81 bits per heavy atom. The van der Waals surface area contributed by atoms with Gasteiger partial charge in [-0.15, -0.1) is 6.58 Å². The van der Waals surface area contributed by atoms with Crippen molar-refractivity contribution in [1.82, 2.24) is 0 Å². The zero-order valence-electron chi connectivity index (χ0n) is 27.1. The van der Waals surface area contributed by atoms with Gasteiger partial charge in [0, 0.05) is 0 Å². The summed E-state index contributed by atoms with van der Waals surface area (Å²) in [5.41, 5.74) is 2.89. The van der Waals surface area contributed by atoms with Crippen molar-refractivity contribution >= 4 is 8.32 Å². The van der Waals surface area contributed by atoms with Crippen molar-refractivity contribution in [3.05, 3.63) is 42.0 Å². The van der Waals surface area contributed by atoms with Crippen molar-refractivity contribution in [3.8, 4) is 5.75 Å². The number of aliphatic hydroxyl groups is 1. The Hall–Kier alpha value is -1.31. The number of aliphatic hydroxyl groups excluding tert-OH is 1. The van der Waals surface area contributed by atoms with Crippen LogP contribution >= 0.6 is 0 Å². The normalized spacial score (nSPS) is 32.1. The highest BCUT2D eigenvalue weighted by Gasteiger charge is 2.64. The van der Waals surface area contributed by atoms with E-state index in [1.54, 1.807) is 7.11 Å². The molecule has 2 saturated carbocycles. The van der Waals surface area contributed by atoms with Gasteiger partial charge in [0.25, 0.3) is 0 Å². The summed E-state index contributed by atoms with van der Waals surface area (Å²) < 4.78 is 51.0. The molecular weight excluding hydrogens is 553 g/mol. The van der Waals surface area contributed by atoms with Crippen LogP contribution in [0, 0.1) is 22.7 Å². The zero-order valence-corrected chi connectivity index (χ0v) is 28.1. The third kappa shape index (κ3) is 6.26. The van der Waals surface area contributed by atoms with Gasteiger partial charge in [-0.1, -0.05) is 65.5 Å². The fraction of sp³-hybridized carbons (Fsp3) is 0.771. The van der Waals surface area contributed by atoms with Crippen LogP contribution in [-0.4, -0.2) is 38.9 Å². The fourth-order valence-electron chi connectivity index (χ4n) is 8.78. The van der Waals surface area contributed by atoms with E-state index in [0.717, 1.165) is 57.1 Å². The molecule has 0 spiro atoms. The molecule has 7 atom stereocenters. The average Bonchev–Trinajstić information content (AvgIpc) is 3.23. The molecule has 7 heteroatoms. The highest BCUT2D eigenvalue weighted by Crippen LogP contribution is 2.70. The number of rotatable bonds is 11. The van der Waals surface area contributed by atoms with Crippen LogP contribution < -0.4 is 4.74 Å². The Bertz CT molecular complexity index is 1100. The predicted molar refractivity (Wildman–Crippen MR) is 167 cm³/mol. The quantitative estimate of drug-likeness (QED) is 0.154. The summed E-state index contributed by atoms with van der Waals surface area (Å²) in [5, 5.41) is 9.53. The van der Waals surface area contributed by atoms with Crippen molar-refractivity contribution in [3.63, 3.8) is 0 Å². The van der Waals surface area contributed by atoms with Gasteiger partial charge in [0.2, 0.25) is 0 Å². The molecule has 3 aliphatic carbocycles. The Kier molecular flexibility index (Phi) is 9.78. The van der Waals surface area contributed by atoms with Gasteiger partial charge in [0.15, 0.2) is 8.32 Å². The van der Waals surface area contributed by atoms with E-state index in [-0.39, 0.29) is 28.4 Å². The SMILES string of the molecule is C=C[C@]12CCc3cc(OC)ccc3[C@H]1[C@@H](CCCCCC[C@@H](O)C(F)(F)F)C[C@]1(C)[C@@H](O[Si](C)(C)C(C)(C)C)CC[C@H]12. The van der Waals surface area contributed by atoms with Crippen LogP contribution in [0.15, 0.2) is 30.9 Å². The van der Waals surface area contributed by atoms with E-state index >= 15 is 0 Å². The van der Waals surface area contributed by atoms with Crippen LogP contribution in [0.5, 0.6) is 5.75 Å². The number of halogens is 3. The standard InChI is InChI=1S/C35H55F3O3Si/c1-9-34-21-20-24-22-26(40-6)16-17-27(24)31(34)25(14-12-10-11-13-15-29(39)35(36,37)38)23-33(5)28(34)18-19-30(33)41-42(7,8)32(2,3)4/h9,16-17,22,25,28-31,39H,1,10-15,18-21,23H2,2-8H3/t25-,28+,29+,30-,31+,33-,34+/m0/s1. The number of hydrogen-bond acceptors (Lipinski definition) is 3. The second-order valence-corrected chi connectivity index (χ2v) is 20.1. The largest absolute Gasteiger partial charge is 0.497 e. The minimum atomic E-state index is -4.52. The lowest BCUT2D eigenvalue weighted by Gasteiger charge is -2.61. The highest BCUT2D eigenvalue weighted by molar-refractivity contribution is 6.74. The maximum absolute atomic E-state index is 12.7. The molecule has 0 saturated heterocycles. The van der Waals surface area contributed by atoms with Gasteiger partial charge in [-0.2, -0.15) is 13.2 Å². The van der Waals surface area contributed by atoms with E-state index in [1.165, 1.54) is 11.1 Å². The molecule has 3 aliphatic rings. The Morgan fingerprint density at radius 3 is 2.43 bits per heavy atom. The summed E-state index contributed by atoms with van der Waals surface area (Å²) in [6.07, 6.45) is 5.09. The lowest BCUT2D eigenvalue weighted by Crippen LogP contribution is -2.56. The molecule has 0 radical (unpaired) electrons. The molecule has 0 bridgehead atoms. The highest BCUT2D eigenvalue weighted by atomic mass is 28.4. The summed E-state index contributed by atoms with van der Waals surface area (Å²) in [6.45, 7) is 18.7. The van der Waals surface area contributed by atoms with Crippen molar-refractivity contribution in [2.75, 3.05) is 7.11 Å². The van der Waals surface area contributed by atoms with Crippen molar-refractivity contribution in [2.24, 2.45) is 22.7 Å². The molecule has 1 aromatic carbocycles. The second-order valence-electron chi connectivity index (χ2n) is 15.4. The topological polar surface area (TPSA) is 38.7 Å². The summed E-state index contributed by atoms with van der Waals surface area (Å²) >= 11 is 0. The summed E-state index contributed by atoms with van der Waals surface area (Å²) in [6, 6.07) is 6.62. The second kappa shape index (κ2) is 12.2. The Labute approximate surface area is 253 Å². The van der Waals surface area contributed by atoms with Crippen molar-refractivity contribution in [2.45, 2.75) is 141 Å². The number of fused-ring (bicyclic) bond motifs is 5. The van der Waals surface area contributed by atoms with E-state index in [1.807, 2.05) is 0 Å². The van der Waals surface area contributed by atoms with Gasteiger partial charge in [0.05, 0.1) is 13.2 Å². The Balaban J connectivity index is 1.60. The maximum atomic E-state index is 12.7. The number of ether oxygens (including phenoxy) is 1.